The quantitative estimate of drug-likeness (QED) is 0.780. The van der Waals surface area contributed by atoms with Gasteiger partial charge in [-0.05, 0) is 23.4 Å². The van der Waals surface area contributed by atoms with Gasteiger partial charge in [0.05, 0.1) is 18.8 Å². The van der Waals surface area contributed by atoms with Gasteiger partial charge in [0.25, 0.3) is 0 Å². The van der Waals surface area contributed by atoms with E-state index in [1.54, 1.807) is 11.3 Å². The molecule has 1 aromatic heterocycles. The molecular formula is C13H18N2O3S. The highest BCUT2D eigenvalue weighted by Crippen LogP contribution is 2.24. The summed E-state index contributed by atoms with van der Waals surface area (Å²) in [6.07, 6.45) is -0.514. The van der Waals surface area contributed by atoms with Gasteiger partial charge in [-0.25, -0.2) is 0 Å². The maximum absolute atomic E-state index is 12.2. The van der Waals surface area contributed by atoms with E-state index in [0.29, 0.717) is 19.6 Å². The van der Waals surface area contributed by atoms with E-state index in [1.807, 2.05) is 9.80 Å². The van der Waals surface area contributed by atoms with Crippen LogP contribution in [0.25, 0.3) is 0 Å². The predicted octanol–water partition coefficient (Wildman–Crippen LogP) is -0.330. The molecule has 1 saturated heterocycles. The minimum Gasteiger partial charge on any atom is -0.389 e. The van der Waals surface area contributed by atoms with Crippen molar-refractivity contribution < 1.29 is 15.0 Å². The van der Waals surface area contributed by atoms with E-state index in [-0.39, 0.29) is 12.5 Å². The number of nitrogens with zero attached hydrogens (tertiary/aromatic N) is 2. The molecule has 0 aromatic carbocycles. The molecule has 1 aromatic rings. The molecule has 2 aliphatic heterocycles. The van der Waals surface area contributed by atoms with Crippen LogP contribution in [0.4, 0.5) is 0 Å². The van der Waals surface area contributed by atoms with E-state index >= 15 is 0 Å². The van der Waals surface area contributed by atoms with Gasteiger partial charge in [0.2, 0.25) is 5.91 Å². The number of hydrogen-bond acceptors (Lipinski definition) is 5. The first kappa shape index (κ1) is 13.1. The Kier molecular flexibility index (Phi) is 3.58. The summed E-state index contributed by atoms with van der Waals surface area (Å²) in [6, 6.07) is 2.09. The van der Waals surface area contributed by atoms with E-state index in [4.69, 9.17) is 0 Å². The lowest BCUT2D eigenvalue weighted by Gasteiger charge is -2.28. The molecular weight excluding hydrogens is 264 g/mol. The number of aliphatic hydroxyl groups is 2. The molecule has 6 heteroatoms. The van der Waals surface area contributed by atoms with Crippen LogP contribution < -0.4 is 0 Å². The molecule has 3 heterocycles. The third-order valence-corrected chi connectivity index (χ3v) is 4.88. The summed E-state index contributed by atoms with van der Waals surface area (Å²) in [5.41, 5.74) is 1.26. The van der Waals surface area contributed by atoms with Crippen molar-refractivity contribution in [1.29, 1.82) is 0 Å². The van der Waals surface area contributed by atoms with Crippen molar-refractivity contribution in [3.05, 3.63) is 21.9 Å². The molecule has 0 bridgehead atoms. The van der Waals surface area contributed by atoms with Crippen LogP contribution in [-0.2, 0) is 17.8 Å². The fourth-order valence-corrected chi connectivity index (χ4v) is 3.62. The minimum absolute atomic E-state index is 0.0816. The van der Waals surface area contributed by atoms with Gasteiger partial charge in [0.15, 0.2) is 0 Å². The average molecular weight is 282 g/mol. The van der Waals surface area contributed by atoms with E-state index in [9.17, 15) is 15.0 Å². The molecule has 2 aliphatic rings. The second kappa shape index (κ2) is 5.20. The number of fused-ring (bicyclic) bond motifs is 1. The van der Waals surface area contributed by atoms with E-state index in [0.717, 1.165) is 13.0 Å². The Morgan fingerprint density at radius 2 is 2.11 bits per heavy atom. The van der Waals surface area contributed by atoms with Gasteiger partial charge < -0.3 is 15.1 Å². The van der Waals surface area contributed by atoms with Crippen molar-refractivity contribution in [2.24, 2.45) is 0 Å². The summed E-state index contributed by atoms with van der Waals surface area (Å²) >= 11 is 1.76. The molecule has 2 unspecified atom stereocenters. The second-order valence-corrected chi connectivity index (χ2v) is 6.26. The predicted molar refractivity (Wildman–Crippen MR) is 71.9 cm³/mol. The molecule has 0 aliphatic carbocycles. The zero-order chi connectivity index (χ0) is 13.4. The fourth-order valence-electron chi connectivity index (χ4n) is 2.73. The molecule has 0 saturated carbocycles. The lowest BCUT2D eigenvalue weighted by molar-refractivity contribution is -0.133. The number of amides is 1. The maximum atomic E-state index is 12.2. The first-order valence-electron chi connectivity index (χ1n) is 6.55. The summed E-state index contributed by atoms with van der Waals surface area (Å²) in [5, 5.41) is 21.0. The SMILES string of the molecule is O=C(CN1CC(O)C(O)C1)N1CCc2sccc2C1. The second-order valence-electron chi connectivity index (χ2n) is 5.26. The van der Waals surface area contributed by atoms with Gasteiger partial charge in [0, 0.05) is 31.1 Å². The number of aliphatic hydroxyl groups excluding tert-OH is 2. The lowest BCUT2D eigenvalue weighted by atomic mass is 10.1. The largest absolute Gasteiger partial charge is 0.389 e. The van der Waals surface area contributed by atoms with E-state index < -0.39 is 12.2 Å². The van der Waals surface area contributed by atoms with Gasteiger partial charge in [-0.15, -0.1) is 11.3 Å². The highest BCUT2D eigenvalue weighted by molar-refractivity contribution is 7.10. The Morgan fingerprint density at radius 1 is 1.37 bits per heavy atom. The van der Waals surface area contributed by atoms with Crippen LogP contribution in [-0.4, -0.2) is 64.3 Å². The molecule has 1 amide bonds. The molecule has 2 atom stereocenters. The Bertz CT molecular complexity index is 466. The van der Waals surface area contributed by atoms with Crippen molar-refractivity contribution in [3.8, 4) is 0 Å². The summed E-state index contributed by atoms with van der Waals surface area (Å²) < 4.78 is 0. The molecule has 3 rings (SSSR count). The minimum atomic E-state index is -0.724. The van der Waals surface area contributed by atoms with Crippen LogP contribution in [0.15, 0.2) is 11.4 Å². The number of hydrogen-bond donors (Lipinski definition) is 2. The zero-order valence-electron chi connectivity index (χ0n) is 10.7. The van der Waals surface area contributed by atoms with Crippen molar-refractivity contribution in [1.82, 2.24) is 9.80 Å². The number of β-amino-alcohol motifs (C(OH)–C–C–N with tert-alkyl or cyclic N) is 2. The lowest BCUT2D eigenvalue weighted by Crippen LogP contribution is -2.42. The van der Waals surface area contributed by atoms with Gasteiger partial charge in [-0.1, -0.05) is 0 Å². The maximum Gasteiger partial charge on any atom is 0.237 e. The third-order valence-electron chi connectivity index (χ3n) is 3.85. The number of thiophene rings is 1. The summed E-state index contributed by atoms with van der Waals surface area (Å²) in [7, 11) is 0. The number of carbonyl (C=O) groups is 1. The normalized spacial score (nSPS) is 27.6. The van der Waals surface area contributed by atoms with Crippen molar-refractivity contribution in [3.63, 3.8) is 0 Å². The van der Waals surface area contributed by atoms with Crippen LogP contribution >= 0.6 is 11.3 Å². The van der Waals surface area contributed by atoms with Gasteiger partial charge >= 0.3 is 0 Å². The highest BCUT2D eigenvalue weighted by Gasteiger charge is 2.32. The van der Waals surface area contributed by atoms with Gasteiger partial charge in [-0.2, -0.15) is 0 Å². The van der Waals surface area contributed by atoms with Crippen molar-refractivity contribution in [2.45, 2.75) is 25.2 Å². The molecule has 2 N–H and O–H groups in total. The number of carbonyl (C=O) groups excluding carboxylic acids is 1. The number of likely N-dealkylation sites (tertiary alicyclic amines) is 1. The molecule has 104 valence electrons. The fraction of sp³-hybridized carbons (Fsp3) is 0.615. The first-order chi connectivity index (χ1) is 9.13. The Labute approximate surface area is 116 Å². The molecule has 19 heavy (non-hydrogen) atoms. The van der Waals surface area contributed by atoms with Crippen LogP contribution in [0, 0.1) is 0 Å². The molecule has 1 fully saturated rings. The standard InChI is InChI=1S/C13H18N2O3S/c16-10-6-14(7-11(10)17)8-13(18)15-3-1-12-9(5-15)2-4-19-12/h2,4,10-11,16-17H,1,3,5-8H2. The monoisotopic (exact) mass is 282 g/mol. The molecule has 0 radical (unpaired) electrons. The Balaban J connectivity index is 1.57. The smallest absolute Gasteiger partial charge is 0.237 e. The van der Waals surface area contributed by atoms with Gasteiger partial charge in [0.1, 0.15) is 0 Å². The van der Waals surface area contributed by atoms with Gasteiger partial charge in [-0.3, -0.25) is 9.69 Å². The van der Waals surface area contributed by atoms with Crippen molar-refractivity contribution in [2.75, 3.05) is 26.2 Å². The molecule has 5 nitrogen and oxygen atoms in total. The van der Waals surface area contributed by atoms with Crippen molar-refractivity contribution >= 4 is 17.2 Å². The Hall–Kier alpha value is -0.950. The summed E-state index contributed by atoms with van der Waals surface area (Å²) in [6.45, 7) is 2.50. The van der Waals surface area contributed by atoms with Crippen LogP contribution in [0.2, 0.25) is 0 Å². The molecule has 0 spiro atoms. The summed E-state index contributed by atoms with van der Waals surface area (Å²) in [4.78, 5) is 17.3. The third kappa shape index (κ3) is 2.67. The van der Waals surface area contributed by atoms with E-state index in [1.165, 1.54) is 10.4 Å². The van der Waals surface area contributed by atoms with Crippen LogP contribution in [0.5, 0.6) is 0 Å². The topological polar surface area (TPSA) is 64.0 Å². The highest BCUT2D eigenvalue weighted by atomic mass is 32.1. The van der Waals surface area contributed by atoms with Crippen LogP contribution in [0.1, 0.15) is 10.4 Å². The summed E-state index contributed by atoms with van der Waals surface area (Å²) in [5.74, 6) is 0.0816. The first-order valence-corrected chi connectivity index (χ1v) is 7.43. The number of rotatable bonds is 2. The average Bonchev–Trinajstić information content (AvgIpc) is 2.96. The Morgan fingerprint density at radius 3 is 2.84 bits per heavy atom. The van der Waals surface area contributed by atoms with Crippen LogP contribution in [0.3, 0.4) is 0 Å². The zero-order valence-corrected chi connectivity index (χ0v) is 11.5. The van der Waals surface area contributed by atoms with E-state index in [2.05, 4.69) is 11.4 Å².